The van der Waals surface area contributed by atoms with Crippen LogP contribution < -0.4 is 20.2 Å². The maximum atomic E-state index is 12.0. The fourth-order valence-corrected chi connectivity index (χ4v) is 3.10. The summed E-state index contributed by atoms with van der Waals surface area (Å²) in [4.78, 5) is 23.5. The molecule has 154 valence electrons. The summed E-state index contributed by atoms with van der Waals surface area (Å²) in [6, 6.07) is 10.5. The molecule has 29 heavy (non-hydrogen) atoms. The fourth-order valence-electron chi connectivity index (χ4n) is 2.32. The van der Waals surface area contributed by atoms with Crippen molar-refractivity contribution < 1.29 is 23.8 Å². The summed E-state index contributed by atoms with van der Waals surface area (Å²) in [5, 5.41) is 6.67. The number of halogens is 1. The predicted octanol–water partition coefficient (Wildman–Crippen LogP) is 3.71. The number of anilines is 1. The molecular formula is C20H22IN3O5. The van der Waals surface area contributed by atoms with E-state index in [2.05, 4.69) is 38.4 Å². The highest BCUT2D eigenvalue weighted by Gasteiger charge is 2.13. The van der Waals surface area contributed by atoms with E-state index in [4.69, 9.17) is 14.2 Å². The summed E-state index contributed by atoms with van der Waals surface area (Å²) in [5.74, 6) is 0.412. The number of carbonyl (C=O) groups excluding carboxylic acids is 2. The van der Waals surface area contributed by atoms with Crippen LogP contribution in [0.1, 0.15) is 18.1 Å². The van der Waals surface area contributed by atoms with Gasteiger partial charge in [0.05, 0.1) is 23.5 Å². The molecule has 0 radical (unpaired) electrons. The topological polar surface area (TPSA) is 98.3 Å². The van der Waals surface area contributed by atoms with Crippen molar-refractivity contribution in [2.24, 2.45) is 5.10 Å². The van der Waals surface area contributed by atoms with Crippen LogP contribution in [-0.4, -0.2) is 38.5 Å². The van der Waals surface area contributed by atoms with Crippen LogP contribution in [-0.2, 0) is 9.53 Å². The van der Waals surface area contributed by atoms with E-state index in [1.165, 1.54) is 13.3 Å². The van der Waals surface area contributed by atoms with E-state index in [1.807, 2.05) is 25.1 Å². The van der Waals surface area contributed by atoms with Gasteiger partial charge in [0.1, 0.15) is 0 Å². The number of aryl methyl sites for hydroxylation is 1. The van der Waals surface area contributed by atoms with Crippen molar-refractivity contribution in [1.29, 1.82) is 0 Å². The molecule has 0 aromatic heterocycles. The van der Waals surface area contributed by atoms with Crippen molar-refractivity contribution in [3.05, 3.63) is 51.1 Å². The molecule has 0 aliphatic heterocycles. The highest BCUT2D eigenvalue weighted by atomic mass is 127. The Morgan fingerprint density at radius 3 is 2.69 bits per heavy atom. The third-order valence-electron chi connectivity index (χ3n) is 3.66. The summed E-state index contributed by atoms with van der Waals surface area (Å²) in [6.07, 6.45) is 1.48. The molecule has 0 spiro atoms. The number of hydrogen-bond acceptors (Lipinski definition) is 6. The molecule has 0 unspecified atom stereocenters. The number of amides is 2. The number of nitrogens with one attached hydrogen (secondary N) is 2. The van der Waals surface area contributed by atoms with Gasteiger partial charge in [-0.1, -0.05) is 18.2 Å². The first-order valence-electron chi connectivity index (χ1n) is 8.76. The molecule has 0 saturated heterocycles. The second-order valence-corrected chi connectivity index (χ2v) is 6.93. The van der Waals surface area contributed by atoms with E-state index in [1.54, 1.807) is 25.1 Å². The standard InChI is InChI=1S/C20H22IN3O5/c1-4-28-18(25)12-29-19-15(21)9-14(10-17(19)27-3)11-22-24-20(26)23-16-8-6-5-7-13(16)2/h5-11H,4,12H2,1-3H3,(H2,23,24,26). The Morgan fingerprint density at radius 1 is 1.24 bits per heavy atom. The van der Waals surface area contributed by atoms with Gasteiger partial charge in [0.15, 0.2) is 18.1 Å². The zero-order valence-electron chi connectivity index (χ0n) is 16.3. The van der Waals surface area contributed by atoms with Gasteiger partial charge < -0.3 is 19.5 Å². The van der Waals surface area contributed by atoms with Gasteiger partial charge in [-0.3, -0.25) is 0 Å². The fraction of sp³-hybridized carbons (Fsp3) is 0.250. The smallest absolute Gasteiger partial charge is 0.344 e. The van der Waals surface area contributed by atoms with Crippen LogP contribution in [0.5, 0.6) is 11.5 Å². The molecule has 2 rings (SSSR count). The van der Waals surface area contributed by atoms with Crippen LogP contribution in [0.25, 0.3) is 0 Å². The number of hydrogen-bond donors (Lipinski definition) is 2. The summed E-state index contributed by atoms with van der Waals surface area (Å²) in [6.45, 7) is 3.70. The van der Waals surface area contributed by atoms with Crippen molar-refractivity contribution in [1.82, 2.24) is 5.43 Å². The third-order valence-corrected chi connectivity index (χ3v) is 4.47. The van der Waals surface area contributed by atoms with Crippen LogP contribution in [0.4, 0.5) is 10.5 Å². The third kappa shape index (κ3) is 6.93. The zero-order valence-corrected chi connectivity index (χ0v) is 18.5. The number of urea groups is 1. The Kier molecular flexibility index (Phi) is 8.71. The summed E-state index contributed by atoms with van der Waals surface area (Å²) >= 11 is 2.07. The van der Waals surface area contributed by atoms with Crippen LogP contribution in [0.15, 0.2) is 41.5 Å². The SMILES string of the molecule is CCOC(=O)COc1c(I)cc(C=NNC(=O)Nc2ccccc2C)cc1OC. The first kappa shape index (κ1) is 22.5. The van der Waals surface area contributed by atoms with E-state index in [0.717, 1.165) is 9.13 Å². The summed E-state index contributed by atoms with van der Waals surface area (Å²) in [7, 11) is 1.50. The lowest BCUT2D eigenvalue weighted by Crippen LogP contribution is -2.24. The summed E-state index contributed by atoms with van der Waals surface area (Å²) in [5.41, 5.74) is 4.76. The van der Waals surface area contributed by atoms with E-state index < -0.39 is 12.0 Å². The average molecular weight is 511 g/mol. The number of esters is 1. The van der Waals surface area contributed by atoms with Gasteiger partial charge in [-0.25, -0.2) is 15.0 Å². The van der Waals surface area contributed by atoms with Crippen LogP contribution >= 0.6 is 22.6 Å². The Hall–Kier alpha value is -2.82. The van der Waals surface area contributed by atoms with Crippen molar-refractivity contribution in [2.45, 2.75) is 13.8 Å². The number of para-hydroxylation sites is 1. The second kappa shape index (κ2) is 11.2. The minimum Gasteiger partial charge on any atom is -0.493 e. The molecule has 0 bridgehead atoms. The Labute approximate surface area is 182 Å². The normalized spacial score (nSPS) is 10.5. The first-order chi connectivity index (χ1) is 13.9. The molecule has 2 N–H and O–H groups in total. The number of nitrogens with zero attached hydrogens (tertiary/aromatic N) is 1. The second-order valence-electron chi connectivity index (χ2n) is 5.77. The molecule has 0 aliphatic carbocycles. The van der Waals surface area contributed by atoms with Gasteiger partial charge in [-0.15, -0.1) is 0 Å². The van der Waals surface area contributed by atoms with Gasteiger partial charge >= 0.3 is 12.0 Å². The minimum absolute atomic E-state index is 0.214. The minimum atomic E-state index is -0.458. The number of methoxy groups -OCH3 is 1. The van der Waals surface area contributed by atoms with Gasteiger partial charge in [0, 0.05) is 5.69 Å². The monoisotopic (exact) mass is 511 g/mol. The van der Waals surface area contributed by atoms with Gasteiger partial charge in [-0.2, -0.15) is 5.10 Å². The number of rotatable bonds is 8. The van der Waals surface area contributed by atoms with Crippen molar-refractivity contribution in [2.75, 3.05) is 25.6 Å². The van der Waals surface area contributed by atoms with Crippen LogP contribution in [0, 0.1) is 10.5 Å². The van der Waals surface area contributed by atoms with Gasteiger partial charge in [0.25, 0.3) is 0 Å². The molecule has 0 heterocycles. The molecular weight excluding hydrogens is 489 g/mol. The molecule has 2 amide bonds. The number of benzene rings is 2. The average Bonchev–Trinajstić information content (AvgIpc) is 2.68. The van der Waals surface area contributed by atoms with Gasteiger partial charge in [-0.05, 0) is 65.8 Å². The maximum absolute atomic E-state index is 12.0. The maximum Gasteiger partial charge on any atom is 0.344 e. The number of ether oxygens (including phenoxy) is 3. The number of carbonyl (C=O) groups is 2. The van der Waals surface area contributed by atoms with E-state index in [-0.39, 0.29) is 13.2 Å². The zero-order chi connectivity index (χ0) is 21.2. The lowest BCUT2D eigenvalue weighted by Gasteiger charge is -2.13. The molecule has 0 atom stereocenters. The summed E-state index contributed by atoms with van der Waals surface area (Å²) < 4.78 is 16.4. The Bertz CT molecular complexity index is 902. The van der Waals surface area contributed by atoms with Gasteiger partial charge in [0.2, 0.25) is 0 Å². The molecule has 0 fully saturated rings. The van der Waals surface area contributed by atoms with Crippen LogP contribution in [0.2, 0.25) is 0 Å². The lowest BCUT2D eigenvalue weighted by molar-refractivity contribution is -0.145. The van der Waals surface area contributed by atoms with E-state index in [9.17, 15) is 9.59 Å². The molecule has 0 aliphatic rings. The van der Waals surface area contributed by atoms with Crippen molar-refractivity contribution in [3.63, 3.8) is 0 Å². The first-order valence-corrected chi connectivity index (χ1v) is 9.84. The molecule has 9 heteroatoms. The molecule has 2 aromatic carbocycles. The van der Waals surface area contributed by atoms with Crippen molar-refractivity contribution >= 4 is 46.5 Å². The highest BCUT2D eigenvalue weighted by molar-refractivity contribution is 14.1. The number of hydrazone groups is 1. The van der Waals surface area contributed by atoms with E-state index >= 15 is 0 Å². The molecule has 2 aromatic rings. The Balaban J connectivity index is 2.01. The lowest BCUT2D eigenvalue weighted by atomic mass is 10.2. The molecule has 0 saturated carbocycles. The van der Waals surface area contributed by atoms with E-state index in [0.29, 0.717) is 22.7 Å². The largest absolute Gasteiger partial charge is 0.493 e. The quantitative estimate of drug-likeness (QED) is 0.244. The highest BCUT2D eigenvalue weighted by Crippen LogP contribution is 2.33. The Morgan fingerprint density at radius 2 is 2.00 bits per heavy atom. The predicted molar refractivity (Wildman–Crippen MR) is 119 cm³/mol. The molecule has 8 nitrogen and oxygen atoms in total. The van der Waals surface area contributed by atoms with Crippen LogP contribution in [0.3, 0.4) is 0 Å². The van der Waals surface area contributed by atoms with Crippen molar-refractivity contribution in [3.8, 4) is 11.5 Å².